The topological polar surface area (TPSA) is 194 Å². The second-order valence-electron chi connectivity index (χ2n) is 6.12. The third kappa shape index (κ3) is 6.73. The van der Waals surface area contributed by atoms with Crippen molar-refractivity contribution in [3.63, 3.8) is 0 Å². The lowest BCUT2D eigenvalue weighted by molar-refractivity contribution is -0.147. The molecule has 0 bridgehead atoms. The van der Waals surface area contributed by atoms with Gasteiger partial charge < -0.3 is 20.2 Å². The molecule has 1 aromatic rings. The Bertz CT molecular complexity index is 1060. The minimum atomic E-state index is -4.93. The molecular formula is C15H17Cl2N5O9S2. The van der Waals surface area contributed by atoms with Crippen LogP contribution in [0.3, 0.4) is 0 Å². The molecule has 0 unspecified atom stereocenters. The molecule has 3 N–H and O–H groups in total. The number of aromatic nitrogens is 1. The van der Waals surface area contributed by atoms with Crippen molar-refractivity contribution in [3.05, 3.63) is 11.1 Å². The molecule has 2 rings (SSSR count). The van der Waals surface area contributed by atoms with Crippen molar-refractivity contribution in [2.75, 3.05) is 30.8 Å². The van der Waals surface area contributed by atoms with Crippen LogP contribution in [-0.4, -0.2) is 89.2 Å². The van der Waals surface area contributed by atoms with Crippen LogP contribution in [0.25, 0.3) is 0 Å². The zero-order valence-corrected chi connectivity index (χ0v) is 19.8. The maximum absolute atomic E-state index is 12.7. The highest BCUT2D eigenvalue weighted by Crippen LogP contribution is 2.26. The minimum Gasteiger partial charge on any atom is -0.465 e. The van der Waals surface area contributed by atoms with E-state index >= 15 is 0 Å². The number of nitrogens with zero attached hydrogens (tertiary/aromatic N) is 3. The number of oxime groups is 1. The zero-order valence-electron chi connectivity index (χ0n) is 16.7. The summed E-state index contributed by atoms with van der Waals surface area (Å²) in [6, 6.07) is -2.65. The Labute approximate surface area is 201 Å². The number of halogens is 2. The van der Waals surface area contributed by atoms with Crippen LogP contribution in [-0.2, 0) is 39.1 Å². The maximum Gasteiger partial charge on any atom is 0.362 e. The Morgan fingerprint density at radius 2 is 2.03 bits per heavy atom. The molecule has 1 aromatic heterocycles. The monoisotopic (exact) mass is 545 g/mol. The lowest BCUT2D eigenvalue weighted by Gasteiger charge is -2.44. The van der Waals surface area contributed by atoms with Gasteiger partial charge >= 0.3 is 16.3 Å². The summed E-state index contributed by atoms with van der Waals surface area (Å²) in [5, 5.41) is 9.73. The molecule has 18 heteroatoms. The first-order valence-electron chi connectivity index (χ1n) is 8.79. The van der Waals surface area contributed by atoms with Crippen LogP contribution in [0.2, 0.25) is 0 Å². The van der Waals surface area contributed by atoms with Crippen molar-refractivity contribution in [1.82, 2.24) is 14.6 Å². The number of nitrogens with one attached hydrogen (secondary N) is 2. The Morgan fingerprint density at radius 3 is 2.61 bits per heavy atom. The van der Waals surface area contributed by atoms with Crippen LogP contribution < -0.4 is 10.6 Å². The number of hydrogen-bond acceptors (Lipinski definition) is 11. The van der Waals surface area contributed by atoms with Gasteiger partial charge in [-0.1, -0.05) is 5.16 Å². The number of ether oxygens (including phenoxy) is 1. The van der Waals surface area contributed by atoms with Crippen LogP contribution in [0.4, 0.5) is 5.13 Å². The van der Waals surface area contributed by atoms with Gasteiger partial charge in [0.05, 0.1) is 12.6 Å². The predicted molar refractivity (Wildman–Crippen MR) is 115 cm³/mol. The summed E-state index contributed by atoms with van der Waals surface area (Å²) in [5.74, 6) is -4.15. The number of hydrogen-bond donors (Lipinski definition) is 3. The predicted octanol–water partition coefficient (Wildman–Crippen LogP) is -0.659. The first-order valence-corrected chi connectivity index (χ1v) is 12.1. The number of esters is 1. The summed E-state index contributed by atoms with van der Waals surface area (Å²) in [6.45, 7) is -0.337. The van der Waals surface area contributed by atoms with Gasteiger partial charge in [-0.05, 0) is 0 Å². The highest BCUT2D eigenvalue weighted by molar-refractivity contribution is 7.84. The first-order chi connectivity index (χ1) is 15.5. The lowest BCUT2D eigenvalue weighted by atomic mass is 9.95. The van der Waals surface area contributed by atoms with Crippen LogP contribution in [0.1, 0.15) is 12.1 Å². The van der Waals surface area contributed by atoms with E-state index < -0.39 is 52.0 Å². The number of anilines is 1. The summed E-state index contributed by atoms with van der Waals surface area (Å²) in [6.07, 6.45) is -0.235. The van der Waals surface area contributed by atoms with Crippen molar-refractivity contribution < 1.29 is 41.7 Å². The van der Waals surface area contributed by atoms with E-state index in [0.717, 1.165) is 18.4 Å². The molecule has 14 nitrogen and oxygen atoms in total. The van der Waals surface area contributed by atoms with E-state index in [2.05, 4.69) is 25.6 Å². The number of β-lactam (4-membered cyclic amide) rings is 1. The fourth-order valence-electron chi connectivity index (χ4n) is 2.68. The molecule has 3 amide bonds. The van der Waals surface area contributed by atoms with Gasteiger partial charge in [-0.25, -0.2) is 9.29 Å². The van der Waals surface area contributed by atoms with Crippen molar-refractivity contribution in [2.45, 2.75) is 18.5 Å². The van der Waals surface area contributed by atoms with E-state index in [1.165, 1.54) is 5.38 Å². The van der Waals surface area contributed by atoms with Gasteiger partial charge in [0.1, 0.15) is 30.6 Å². The van der Waals surface area contributed by atoms with E-state index in [0.29, 0.717) is 0 Å². The van der Waals surface area contributed by atoms with E-state index in [4.69, 9.17) is 27.9 Å². The molecule has 33 heavy (non-hydrogen) atoms. The number of carbonyl (C=O) groups is 4. The van der Waals surface area contributed by atoms with E-state index in [1.54, 1.807) is 0 Å². The zero-order chi connectivity index (χ0) is 24.8. The molecule has 1 aliphatic rings. The third-order valence-electron chi connectivity index (χ3n) is 4.00. The van der Waals surface area contributed by atoms with Gasteiger partial charge in [0.15, 0.2) is 10.8 Å². The van der Waals surface area contributed by atoms with E-state index in [9.17, 15) is 32.1 Å². The summed E-state index contributed by atoms with van der Waals surface area (Å²) in [7, 11) is -3.78. The molecular weight excluding hydrogens is 529 g/mol. The Kier molecular flexibility index (Phi) is 9.35. The van der Waals surface area contributed by atoms with Crippen molar-refractivity contribution >= 4 is 79.4 Å². The fraction of sp³-hybridized carbons (Fsp3) is 0.467. The summed E-state index contributed by atoms with van der Waals surface area (Å²) >= 11 is 11.7. The number of alkyl halides is 2. The highest BCUT2D eigenvalue weighted by Gasteiger charge is 2.54. The molecule has 1 saturated heterocycles. The molecule has 0 aliphatic carbocycles. The van der Waals surface area contributed by atoms with Crippen molar-refractivity contribution in [1.29, 1.82) is 0 Å². The fourth-order valence-corrected chi connectivity index (χ4v) is 4.44. The van der Waals surface area contributed by atoms with Gasteiger partial charge in [0.2, 0.25) is 5.91 Å². The average molecular weight is 546 g/mol. The van der Waals surface area contributed by atoms with Gasteiger partial charge in [0.25, 0.3) is 11.8 Å². The summed E-state index contributed by atoms with van der Waals surface area (Å²) < 4.78 is 37.2. The number of amides is 3. The highest BCUT2D eigenvalue weighted by atomic mass is 35.5. The second kappa shape index (κ2) is 11.6. The van der Waals surface area contributed by atoms with E-state index in [-0.39, 0.29) is 39.8 Å². The number of rotatable bonds is 11. The number of thiazole rings is 1. The molecule has 0 saturated carbocycles. The Hall–Kier alpha value is -2.53. The smallest absolute Gasteiger partial charge is 0.362 e. The number of carbonyl (C=O) groups excluding carboxylic acids is 4. The Morgan fingerprint density at radius 1 is 1.33 bits per heavy atom. The standard InChI is InChI=1S/C15H17Cl2N5O9S2/c1-30-21-11(7-6-32-15(18-7)19-9(23)4-16)13(25)20-12-8(2-3-31-10(24)5-17)22(14(12)26)33(27,28)29/h6,8,12H,2-5H2,1H3,(H,20,25)(H,18,19,23)(H,27,28,29)/t8-,12+/m1/s1. The van der Waals surface area contributed by atoms with Crippen LogP contribution in [0.5, 0.6) is 0 Å². The summed E-state index contributed by atoms with van der Waals surface area (Å²) in [5.41, 5.74) is -0.402. The third-order valence-corrected chi connectivity index (χ3v) is 6.17. The van der Waals surface area contributed by atoms with Crippen molar-refractivity contribution in [3.8, 4) is 0 Å². The quantitative estimate of drug-likeness (QED) is 0.0801. The van der Waals surface area contributed by atoms with Crippen LogP contribution in [0.15, 0.2) is 10.5 Å². The van der Waals surface area contributed by atoms with Crippen LogP contribution in [0, 0.1) is 0 Å². The normalized spacial score (nSPS) is 18.4. The molecule has 1 fully saturated rings. The lowest BCUT2D eigenvalue weighted by Crippen LogP contribution is -2.72. The van der Waals surface area contributed by atoms with Gasteiger partial charge in [-0.2, -0.15) is 8.42 Å². The average Bonchev–Trinajstić information content (AvgIpc) is 3.21. The Balaban J connectivity index is 2.18. The molecule has 0 radical (unpaired) electrons. The molecule has 2 atom stereocenters. The maximum atomic E-state index is 12.7. The molecule has 0 aromatic carbocycles. The van der Waals surface area contributed by atoms with Gasteiger partial charge in [0, 0.05) is 11.8 Å². The van der Waals surface area contributed by atoms with Crippen molar-refractivity contribution in [2.24, 2.45) is 5.16 Å². The first kappa shape index (κ1) is 26.7. The molecule has 182 valence electrons. The van der Waals surface area contributed by atoms with E-state index in [1.807, 2.05) is 0 Å². The SMILES string of the molecule is CON=C(C(=O)N[C@@H]1C(=O)N(S(=O)(=O)O)[C@@H]1CCOC(=O)CCl)c1csc(NC(=O)CCl)n1. The molecule has 0 spiro atoms. The molecule has 1 aliphatic heterocycles. The van der Waals surface area contributed by atoms with Gasteiger partial charge in [-0.15, -0.1) is 34.5 Å². The largest absolute Gasteiger partial charge is 0.465 e. The summed E-state index contributed by atoms with van der Waals surface area (Å²) in [4.78, 5) is 56.2. The van der Waals surface area contributed by atoms with Gasteiger partial charge in [-0.3, -0.25) is 23.7 Å². The molecule has 2 heterocycles. The second-order valence-corrected chi connectivity index (χ2v) is 8.80. The van der Waals surface area contributed by atoms with Crippen LogP contribution >= 0.6 is 34.5 Å². The minimum absolute atomic E-state index is 0.0183.